The lowest BCUT2D eigenvalue weighted by atomic mass is 10.0. The molecule has 0 aromatic carbocycles. The molecular formula is C10H14F2. The van der Waals surface area contributed by atoms with Gasteiger partial charge < -0.3 is 0 Å². The quantitative estimate of drug-likeness (QED) is 0.566. The van der Waals surface area contributed by atoms with Crippen molar-refractivity contribution in [1.82, 2.24) is 0 Å². The summed E-state index contributed by atoms with van der Waals surface area (Å²) in [6.45, 7) is 8.49. The molecule has 0 N–H and O–H groups in total. The van der Waals surface area contributed by atoms with Crippen LogP contribution in [0.2, 0.25) is 0 Å². The molecule has 0 rings (SSSR count). The summed E-state index contributed by atoms with van der Waals surface area (Å²) >= 11 is 0. The molecule has 0 aromatic rings. The van der Waals surface area contributed by atoms with Crippen LogP contribution in [0.15, 0.2) is 36.0 Å². The van der Waals surface area contributed by atoms with Gasteiger partial charge >= 0.3 is 0 Å². The lowest BCUT2D eigenvalue weighted by Crippen LogP contribution is -1.90. The SMILES string of the molecule is C=C(F)/C(F)=C\C(=C/C)C(C)C. The molecule has 0 fully saturated rings. The van der Waals surface area contributed by atoms with Gasteiger partial charge in [0.1, 0.15) is 0 Å². The Hall–Kier alpha value is -0.920. The van der Waals surface area contributed by atoms with Crippen molar-refractivity contribution >= 4 is 0 Å². The number of hydrogen-bond donors (Lipinski definition) is 0. The molecule has 0 unspecified atom stereocenters. The van der Waals surface area contributed by atoms with Crippen molar-refractivity contribution < 1.29 is 8.78 Å². The molecule has 0 heterocycles. The Balaban J connectivity index is 4.60. The highest BCUT2D eigenvalue weighted by Crippen LogP contribution is 2.18. The average molecular weight is 172 g/mol. The van der Waals surface area contributed by atoms with Crippen LogP contribution in [0.3, 0.4) is 0 Å². The predicted molar refractivity (Wildman–Crippen MR) is 48.0 cm³/mol. The molecular weight excluding hydrogens is 158 g/mol. The van der Waals surface area contributed by atoms with Crippen molar-refractivity contribution in [3.63, 3.8) is 0 Å². The van der Waals surface area contributed by atoms with Crippen molar-refractivity contribution in [2.24, 2.45) is 5.92 Å². The van der Waals surface area contributed by atoms with Crippen LogP contribution in [-0.2, 0) is 0 Å². The minimum Gasteiger partial charge on any atom is -0.204 e. The summed E-state index contributed by atoms with van der Waals surface area (Å²) in [5.74, 6) is -1.72. The van der Waals surface area contributed by atoms with Crippen LogP contribution < -0.4 is 0 Å². The number of halogens is 2. The number of rotatable bonds is 3. The first-order chi connectivity index (χ1) is 5.49. The normalized spacial score (nSPS) is 13.8. The van der Waals surface area contributed by atoms with E-state index in [1.54, 1.807) is 13.0 Å². The first-order valence-electron chi connectivity index (χ1n) is 3.87. The molecule has 0 aliphatic rings. The van der Waals surface area contributed by atoms with Gasteiger partial charge in [0.25, 0.3) is 0 Å². The molecule has 0 aliphatic heterocycles. The maximum atomic E-state index is 12.7. The molecule has 12 heavy (non-hydrogen) atoms. The van der Waals surface area contributed by atoms with Crippen LogP contribution in [0.4, 0.5) is 8.78 Å². The van der Waals surface area contributed by atoms with Gasteiger partial charge in [-0.05, 0) is 24.5 Å². The first kappa shape index (κ1) is 11.1. The third-order valence-electron chi connectivity index (χ3n) is 1.55. The van der Waals surface area contributed by atoms with Gasteiger partial charge in [0.2, 0.25) is 0 Å². The molecule has 0 saturated heterocycles. The van der Waals surface area contributed by atoms with Gasteiger partial charge in [-0.3, -0.25) is 0 Å². The summed E-state index contributed by atoms with van der Waals surface area (Å²) in [5, 5.41) is 0. The molecule has 2 heteroatoms. The molecule has 0 aliphatic carbocycles. The second-order valence-electron chi connectivity index (χ2n) is 2.84. The molecule has 0 bridgehead atoms. The topological polar surface area (TPSA) is 0 Å². The van der Waals surface area contributed by atoms with E-state index in [1.807, 2.05) is 13.8 Å². The minimum atomic E-state index is -1.02. The minimum absolute atomic E-state index is 0.195. The van der Waals surface area contributed by atoms with Gasteiger partial charge in [0, 0.05) is 0 Å². The zero-order valence-electron chi connectivity index (χ0n) is 7.70. The van der Waals surface area contributed by atoms with E-state index in [0.29, 0.717) is 0 Å². The summed E-state index contributed by atoms with van der Waals surface area (Å²) in [6, 6.07) is 0. The van der Waals surface area contributed by atoms with Crippen molar-refractivity contribution in [2.45, 2.75) is 20.8 Å². The standard InChI is InChI=1S/C10H14F2/c1-5-9(7(2)3)6-10(12)8(4)11/h5-7H,4H2,1-3H3/b9-5+,10-6+. The summed E-state index contributed by atoms with van der Waals surface area (Å²) in [6.07, 6.45) is 2.93. The fraction of sp³-hybridized carbons (Fsp3) is 0.400. The number of allylic oxidation sites excluding steroid dienone is 5. The highest BCUT2D eigenvalue weighted by molar-refractivity contribution is 5.28. The lowest BCUT2D eigenvalue weighted by Gasteiger charge is -2.04. The first-order valence-corrected chi connectivity index (χ1v) is 3.87. The van der Waals surface area contributed by atoms with Gasteiger partial charge in [-0.15, -0.1) is 0 Å². The van der Waals surface area contributed by atoms with Gasteiger partial charge in [-0.1, -0.05) is 26.5 Å². The number of hydrogen-bond acceptors (Lipinski definition) is 0. The molecule has 0 radical (unpaired) electrons. The average Bonchev–Trinajstić information content (AvgIpc) is 1.98. The van der Waals surface area contributed by atoms with Crippen molar-refractivity contribution in [1.29, 1.82) is 0 Å². The Morgan fingerprint density at radius 1 is 1.33 bits per heavy atom. The van der Waals surface area contributed by atoms with Crippen LogP contribution >= 0.6 is 0 Å². The van der Waals surface area contributed by atoms with Crippen molar-refractivity contribution in [3.05, 3.63) is 36.0 Å². The highest BCUT2D eigenvalue weighted by Gasteiger charge is 2.03. The third kappa shape index (κ3) is 3.46. The second kappa shape index (κ2) is 4.86. The molecule has 0 atom stereocenters. The lowest BCUT2D eigenvalue weighted by molar-refractivity contribution is 0.545. The largest absolute Gasteiger partial charge is 0.204 e. The van der Waals surface area contributed by atoms with Gasteiger partial charge in [0.05, 0.1) is 0 Å². The van der Waals surface area contributed by atoms with E-state index < -0.39 is 11.7 Å². The zero-order chi connectivity index (χ0) is 9.72. The van der Waals surface area contributed by atoms with Gasteiger partial charge in [-0.2, -0.15) is 0 Å². The summed E-state index contributed by atoms with van der Waals surface area (Å²) in [5.41, 5.74) is 0.770. The summed E-state index contributed by atoms with van der Waals surface area (Å²) in [4.78, 5) is 0. The maximum Gasteiger partial charge on any atom is 0.158 e. The predicted octanol–water partition coefficient (Wildman–Crippen LogP) is 3.93. The van der Waals surface area contributed by atoms with Crippen molar-refractivity contribution in [2.75, 3.05) is 0 Å². The Morgan fingerprint density at radius 3 is 2.08 bits per heavy atom. The van der Waals surface area contributed by atoms with E-state index in [1.165, 1.54) is 6.08 Å². The smallest absolute Gasteiger partial charge is 0.158 e. The molecule has 0 amide bonds. The van der Waals surface area contributed by atoms with E-state index >= 15 is 0 Å². The molecule has 0 spiro atoms. The molecule has 68 valence electrons. The van der Waals surface area contributed by atoms with Crippen molar-refractivity contribution in [3.8, 4) is 0 Å². The van der Waals surface area contributed by atoms with Crippen LogP contribution in [0.5, 0.6) is 0 Å². The highest BCUT2D eigenvalue weighted by atomic mass is 19.2. The van der Waals surface area contributed by atoms with E-state index in [4.69, 9.17) is 0 Å². The van der Waals surface area contributed by atoms with E-state index in [9.17, 15) is 8.78 Å². The van der Waals surface area contributed by atoms with Crippen LogP contribution in [0.1, 0.15) is 20.8 Å². The molecule has 0 nitrogen and oxygen atoms in total. The maximum absolute atomic E-state index is 12.7. The van der Waals surface area contributed by atoms with Gasteiger partial charge in [0.15, 0.2) is 11.7 Å². The fourth-order valence-electron chi connectivity index (χ4n) is 0.808. The van der Waals surface area contributed by atoms with Crippen LogP contribution in [-0.4, -0.2) is 0 Å². The monoisotopic (exact) mass is 172 g/mol. The summed E-state index contributed by atoms with van der Waals surface area (Å²) < 4.78 is 24.9. The van der Waals surface area contributed by atoms with E-state index in [0.717, 1.165) is 5.57 Å². The summed E-state index contributed by atoms with van der Waals surface area (Å²) in [7, 11) is 0. The fourth-order valence-corrected chi connectivity index (χ4v) is 0.808. The Kier molecular flexibility index (Phi) is 4.49. The second-order valence-corrected chi connectivity index (χ2v) is 2.84. The Labute approximate surface area is 72.3 Å². The molecule has 0 saturated carbocycles. The Morgan fingerprint density at radius 2 is 1.83 bits per heavy atom. The van der Waals surface area contributed by atoms with E-state index in [-0.39, 0.29) is 5.92 Å². The van der Waals surface area contributed by atoms with Gasteiger partial charge in [-0.25, -0.2) is 8.78 Å². The van der Waals surface area contributed by atoms with Crippen LogP contribution in [0, 0.1) is 5.92 Å². The Bertz CT molecular complexity index is 222. The van der Waals surface area contributed by atoms with Crippen LogP contribution in [0.25, 0.3) is 0 Å². The molecule has 0 aromatic heterocycles. The third-order valence-corrected chi connectivity index (χ3v) is 1.55. The zero-order valence-corrected chi connectivity index (χ0v) is 7.70. The van der Waals surface area contributed by atoms with E-state index in [2.05, 4.69) is 6.58 Å².